The van der Waals surface area contributed by atoms with Crippen LogP contribution >= 0.6 is 11.6 Å². The second-order valence-electron chi connectivity index (χ2n) is 7.81. The van der Waals surface area contributed by atoms with E-state index in [-0.39, 0.29) is 0 Å². The fourth-order valence-electron chi connectivity index (χ4n) is 4.26. The molecule has 0 radical (unpaired) electrons. The topological polar surface area (TPSA) is 54.8 Å². The highest BCUT2D eigenvalue weighted by molar-refractivity contribution is 7.91. The monoisotopic (exact) mass is 464 g/mol. The molecule has 0 unspecified atom stereocenters. The maximum Gasteiger partial charge on any atom is 0.214 e. The van der Waals surface area contributed by atoms with Crippen LogP contribution in [0.15, 0.2) is 94.9 Å². The highest BCUT2D eigenvalue weighted by Gasteiger charge is 2.30. The first-order chi connectivity index (χ1) is 15.5. The number of sulfone groups is 1. The largest absolute Gasteiger partial charge is 0.368 e. The van der Waals surface area contributed by atoms with Crippen molar-refractivity contribution in [1.29, 1.82) is 0 Å². The summed E-state index contributed by atoms with van der Waals surface area (Å²) in [5.74, 6) is 0. The summed E-state index contributed by atoms with van der Waals surface area (Å²) in [6.07, 6.45) is 1.63. The van der Waals surface area contributed by atoms with E-state index in [9.17, 15) is 8.42 Å². The van der Waals surface area contributed by atoms with Crippen molar-refractivity contribution in [2.45, 2.75) is 9.79 Å². The molecule has 0 spiro atoms. The number of hydrogen-bond acceptors (Lipinski definition) is 4. The van der Waals surface area contributed by atoms with Crippen molar-refractivity contribution in [2.24, 2.45) is 0 Å². The summed E-state index contributed by atoms with van der Waals surface area (Å²) in [6.45, 7) is 3.01. The normalized spacial score (nSPS) is 14.7. The number of hydrogen-bond donors (Lipinski definition) is 0. The van der Waals surface area contributed by atoms with Gasteiger partial charge in [0.2, 0.25) is 15.4 Å². The highest BCUT2D eigenvalue weighted by atomic mass is 35.5. The van der Waals surface area contributed by atoms with Crippen LogP contribution in [0.2, 0.25) is 5.02 Å². The van der Waals surface area contributed by atoms with Gasteiger partial charge in [0.1, 0.15) is 0 Å². The molecule has 162 valence electrons. The van der Waals surface area contributed by atoms with E-state index < -0.39 is 9.84 Å². The molecule has 0 atom stereocenters. The van der Waals surface area contributed by atoms with E-state index in [0.29, 0.717) is 22.9 Å². The first-order valence-corrected chi connectivity index (χ1v) is 12.4. The Morgan fingerprint density at radius 3 is 2.09 bits per heavy atom. The zero-order valence-corrected chi connectivity index (χ0v) is 19.0. The number of aromatic nitrogens is 1. The third-order valence-electron chi connectivity index (χ3n) is 5.91. The van der Waals surface area contributed by atoms with Crippen molar-refractivity contribution in [3.8, 4) is 0 Å². The number of piperazine rings is 1. The number of benzene rings is 3. The molecule has 1 fully saturated rings. The van der Waals surface area contributed by atoms with Crippen molar-refractivity contribution in [2.75, 3.05) is 36.0 Å². The number of H-pyrrole nitrogens is 1. The summed E-state index contributed by atoms with van der Waals surface area (Å²) >= 11 is 6.03. The first-order valence-electron chi connectivity index (χ1n) is 10.5. The molecule has 1 aliphatic rings. The molecule has 4 aromatic rings. The van der Waals surface area contributed by atoms with Gasteiger partial charge in [0.25, 0.3) is 0 Å². The number of pyridine rings is 1. The minimum absolute atomic E-state index is 0.296. The minimum atomic E-state index is -3.68. The van der Waals surface area contributed by atoms with Gasteiger partial charge in [-0.25, -0.2) is 13.4 Å². The van der Waals surface area contributed by atoms with E-state index in [1.807, 2.05) is 54.6 Å². The van der Waals surface area contributed by atoms with Crippen LogP contribution in [0.1, 0.15) is 0 Å². The molecule has 0 saturated carbocycles. The van der Waals surface area contributed by atoms with Crippen LogP contribution in [0, 0.1) is 0 Å². The average Bonchev–Trinajstić information content (AvgIpc) is 2.84. The Bertz CT molecular complexity index is 1350. The molecule has 1 saturated heterocycles. The average molecular weight is 465 g/mol. The predicted octanol–water partition coefficient (Wildman–Crippen LogP) is 4.47. The van der Waals surface area contributed by atoms with Gasteiger partial charge in [0.15, 0.2) is 11.1 Å². The summed E-state index contributed by atoms with van der Waals surface area (Å²) in [6, 6.07) is 24.3. The highest BCUT2D eigenvalue weighted by Crippen LogP contribution is 2.35. The van der Waals surface area contributed by atoms with Gasteiger partial charge in [-0.15, -0.1) is 0 Å². The molecule has 32 heavy (non-hydrogen) atoms. The number of para-hydroxylation sites is 1. The molecule has 1 aromatic heterocycles. The second kappa shape index (κ2) is 8.45. The molecule has 5 rings (SSSR count). The molecule has 2 heterocycles. The van der Waals surface area contributed by atoms with Crippen LogP contribution in [0.4, 0.5) is 11.4 Å². The van der Waals surface area contributed by atoms with E-state index in [0.717, 1.165) is 40.4 Å². The number of halogens is 1. The molecule has 0 bridgehead atoms. The van der Waals surface area contributed by atoms with E-state index in [4.69, 9.17) is 11.6 Å². The Balaban J connectivity index is 1.55. The van der Waals surface area contributed by atoms with Crippen molar-refractivity contribution in [3.63, 3.8) is 0 Å². The van der Waals surface area contributed by atoms with Crippen LogP contribution in [0.25, 0.3) is 10.9 Å². The summed E-state index contributed by atoms with van der Waals surface area (Å²) in [4.78, 5) is 8.28. The van der Waals surface area contributed by atoms with Gasteiger partial charge in [-0.05, 0) is 42.5 Å². The van der Waals surface area contributed by atoms with Crippen LogP contribution in [-0.4, -0.2) is 34.6 Å². The Kier molecular flexibility index (Phi) is 5.49. The summed E-state index contributed by atoms with van der Waals surface area (Å²) in [5.41, 5.74) is 2.80. The van der Waals surface area contributed by atoms with Crippen molar-refractivity contribution in [1.82, 2.24) is 0 Å². The van der Waals surface area contributed by atoms with Crippen molar-refractivity contribution < 1.29 is 13.4 Å². The van der Waals surface area contributed by atoms with Gasteiger partial charge in [-0.1, -0.05) is 41.9 Å². The molecule has 7 heteroatoms. The van der Waals surface area contributed by atoms with Gasteiger partial charge >= 0.3 is 0 Å². The van der Waals surface area contributed by atoms with Gasteiger partial charge in [0.05, 0.1) is 16.0 Å². The number of nitrogens with zero attached hydrogens (tertiary/aromatic N) is 2. The fourth-order valence-corrected chi connectivity index (χ4v) is 5.86. The number of aromatic amines is 1. The predicted molar refractivity (Wildman–Crippen MR) is 128 cm³/mol. The number of anilines is 2. The molecule has 0 amide bonds. The van der Waals surface area contributed by atoms with E-state index in [1.54, 1.807) is 30.5 Å². The van der Waals surface area contributed by atoms with Crippen molar-refractivity contribution >= 4 is 43.7 Å². The minimum Gasteiger partial charge on any atom is -0.368 e. The molecular formula is C25H23ClN3O2S+. The summed E-state index contributed by atoms with van der Waals surface area (Å²) in [7, 11) is -3.68. The summed E-state index contributed by atoms with van der Waals surface area (Å²) < 4.78 is 27.2. The number of rotatable bonds is 4. The first kappa shape index (κ1) is 20.8. The Labute approximate surface area is 192 Å². The SMILES string of the molecule is O=S(=O)(c1ccccc1)c1c[nH+]c2ccccc2c1N1CCN(c2ccc(Cl)cc2)CC1. The molecular weight excluding hydrogens is 442 g/mol. The second-order valence-corrected chi connectivity index (χ2v) is 10.2. The zero-order valence-electron chi connectivity index (χ0n) is 17.4. The molecule has 0 aliphatic carbocycles. The lowest BCUT2D eigenvalue weighted by molar-refractivity contribution is -0.347. The Hall–Kier alpha value is -3.09. The molecule has 3 aromatic carbocycles. The smallest absolute Gasteiger partial charge is 0.214 e. The number of fused-ring (bicyclic) bond motifs is 1. The fraction of sp³-hybridized carbons (Fsp3) is 0.160. The van der Waals surface area contributed by atoms with Crippen LogP contribution < -0.4 is 14.8 Å². The Morgan fingerprint density at radius 2 is 1.38 bits per heavy atom. The third kappa shape index (κ3) is 3.80. The van der Waals surface area contributed by atoms with Crippen LogP contribution in [0.3, 0.4) is 0 Å². The quantitative estimate of drug-likeness (QED) is 0.447. The van der Waals surface area contributed by atoms with Gasteiger partial charge < -0.3 is 9.80 Å². The third-order valence-corrected chi connectivity index (χ3v) is 7.94. The van der Waals surface area contributed by atoms with Gasteiger partial charge in [0, 0.05) is 43.0 Å². The van der Waals surface area contributed by atoms with Gasteiger partial charge in [-0.2, -0.15) is 0 Å². The number of nitrogens with one attached hydrogen (secondary N) is 1. The standard InChI is InChI=1S/C25H22ClN3O2S/c26-19-10-12-20(13-11-19)28-14-16-29(17-15-28)25-22-8-4-5-9-23(22)27-18-24(25)32(30,31)21-6-2-1-3-7-21/h1-13,18H,14-17H2/p+1. The molecule has 1 aliphatic heterocycles. The maximum atomic E-state index is 13.6. The lowest BCUT2D eigenvalue weighted by Crippen LogP contribution is -2.47. The van der Waals surface area contributed by atoms with Crippen LogP contribution in [-0.2, 0) is 9.84 Å². The Morgan fingerprint density at radius 1 is 0.750 bits per heavy atom. The summed E-state index contributed by atoms with van der Waals surface area (Å²) in [5, 5.41) is 1.62. The molecule has 1 N–H and O–H groups in total. The van der Waals surface area contributed by atoms with Crippen LogP contribution in [0.5, 0.6) is 0 Å². The van der Waals surface area contributed by atoms with Gasteiger partial charge in [-0.3, -0.25) is 0 Å². The van der Waals surface area contributed by atoms with Crippen molar-refractivity contribution in [3.05, 3.63) is 90.1 Å². The lowest BCUT2D eigenvalue weighted by Gasteiger charge is -2.38. The maximum absolute atomic E-state index is 13.6. The zero-order chi connectivity index (χ0) is 22.1. The molecule has 5 nitrogen and oxygen atoms in total. The lowest BCUT2D eigenvalue weighted by atomic mass is 10.1. The van der Waals surface area contributed by atoms with E-state index >= 15 is 0 Å². The van der Waals surface area contributed by atoms with E-state index in [1.165, 1.54) is 0 Å². The van der Waals surface area contributed by atoms with E-state index in [2.05, 4.69) is 14.8 Å².